The van der Waals surface area contributed by atoms with Crippen molar-refractivity contribution in [1.82, 2.24) is 0 Å². The summed E-state index contributed by atoms with van der Waals surface area (Å²) in [5, 5.41) is 0.0178. The van der Waals surface area contributed by atoms with Gasteiger partial charge in [0.05, 0.1) is 18.6 Å². The maximum Gasteiger partial charge on any atom is 0.573 e. The number of rotatable bonds is 13. The van der Waals surface area contributed by atoms with Crippen molar-refractivity contribution in [2.24, 2.45) is 23.3 Å². The van der Waals surface area contributed by atoms with Crippen LogP contribution in [-0.2, 0) is 9.53 Å². The van der Waals surface area contributed by atoms with Crippen molar-refractivity contribution >= 4 is 16.9 Å². The summed E-state index contributed by atoms with van der Waals surface area (Å²) in [5.41, 5.74) is 7.79. The zero-order valence-electron chi connectivity index (χ0n) is 26.9. The summed E-state index contributed by atoms with van der Waals surface area (Å²) in [6.45, 7) is 0.189. The number of esters is 1. The minimum Gasteiger partial charge on any atom is -0.497 e. The fourth-order valence-electron chi connectivity index (χ4n) is 5.52. The lowest BCUT2D eigenvalue weighted by molar-refractivity contribution is -0.323. The Labute approximate surface area is 278 Å². The number of methoxy groups -OCH3 is 1. The van der Waals surface area contributed by atoms with Gasteiger partial charge < -0.3 is 34.8 Å². The van der Waals surface area contributed by atoms with E-state index >= 15 is 0 Å². The number of carbonyl (C=O) groups excluding carboxylic acids is 1. The number of alkyl halides is 9. The Kier molecular flexibility index (Phi) is 10.2. The predicted molar refractivity (Wildman–Crippen MR) is 160 cm³/mol. The van der Waals surface area contributed by atoms with Crippen molar-refractivity contribution < 1.29 is 67.7 Å². The molecule has 1 heterocycles. The molecule has 9 nitrogen and oxygen atoms in total. The van der Waals surface area contributed by atoms with E-state index < -0.39 is 83.0 Å². The molecule has 0 saturated heterocycles. The largest absolute Gasteiger partial charge is 0.573 e. The molecular formula is C32H33F9N2O7. The Morgan fingerprint density at radius 1 is 0.920 bits per heavy atom. The molecular weight excluding hydrogens is 695 g/mol. The van der Waals surface area contributed by atoms with Gasteiger partial charge in [0.2, 0.25) is 0 Å². The highest BCUT2D eigenvalue weighted by atomic mass is 19.4. The number of benzene rings is 2. The molecule has 4 N–H and O–H groups in total. The molecule has 276 valence electrons. The van der Waals surface area contributed by atoms with Gasteiger partial charge in [0, 0.05) is 34.2 Å². The SMILES string of the molecule is COc1ccc(-c2cc3ccc(OCC(F)(F)C(F)(F)C(F)(F)COC(=O)C4CC(CC(C)(C)N)C4(C)N)cc3oc2=O)c(OC(F)(F)F)c1. The van der Waals surface area contributed by atoms with Gasteiger partial charge in [-0.3, -0.25) is 4.79 Å². The fourth-order valence-corrected chi connectivity index (χ4v) is 5.52. The quantitative estimate of drug-likeness (QED) is 0.112. The molecule has 0 spiro atoms. The van der Waals surface area contributed by atoms with E-state index in [-0.39, 0.29) is 34.6 Å². The van der Waals surface area contributed by atoms with E-state index in [9.17, 15) is 49.1 Å². The van der Waals surface area contributed by atoms with Crippen LogP contribution in [-0.4, -0.2) is 61.5 Å². The Bertz CT molecular complexity index is 1790. The van der Waals surface area contributed by atoms with Crippen molar-refractivity contribution in [2.45, 2.75) is 68.8 Å². The zero-order chi connectivity index (χ0) is 37.7. The molecule has 4 rings (SSSR count). The molecule has 1 aliphatic rings. The third-order valence-electron chi connectivity index (χ3n) is 8.35. The van der Waals surface area contributed by atoms with Gasteiger partial charge in [-0.2, -0.15) is 26.3 Å². The lowest BCUT2D eigenvalue weighted by atomic mass is 9.57. The Hall–Kier alpha value is -4.19. The molecule has 3 atom stereocenters. The van der Waals surface area contributed by atoms with Crippen LogP contribution in [0.2, 0.25) is 0 Å². The number of hydrogen-bond acceptors (Lipinski definition) is 9. The molecule has 1 fully saturated rings. The first kappa shape index (κ1) is 38.6. The highest BCUT2D eigenvalue weighted by molar-refractivity contribution is 5.84. The maximum absolute atomic E-state index is 14.6. The highest BCUT2D eigenvalue weighted by Gasteiger charge is 2.72. The average Bonchev–Trinajstić information content (AvgIpc) is 2.99. The van der Waals surface area contributed by atoms with Crippen LogP contribution in [0.25, 0.3) is 22.1 Å². The summed E-state index contributed by atoms with van der Waals surface area (Å²) in [7, 11) is 1.18. The van der Waals surface area contributed by atoms with Gasteiger partial charge in [-0.25, -0.2) is 4.79 Å². The van der Waals surface area contributed by atoms with E-state index in [2.05, 4.69) is 14.2 Å². The molecule has 3 aromatic rings. The maximum atomic E-state index is 14.6. The van der Waals surface area contributed by atoms with Gasteiger partial charge in [-0.15, -0.1) is 13.2 Å². The molecule has 0 aliphatic heterocycles. The number of nitrogens with two attached hydrogens (primary N) is 2. The van der Waals surface area contributed by atoms with Crippen LogP contribution in [0.3, 0.4) is 0 Å². The Balaban J connectivity index is 1.46. The van der Waals surface area contributed by atoms with Gasteiger partial charge >= 0.3 is 35.7 Å². The lowest BCUT2D eigenvalue weighted by Gasteiger charge is -2.52. The lowest BCUT2D eigenvalue weighted by Crippen LogP contribution is -2.65. The second-order valence-electron chi connectivity index (χ2n) is 13.0. The first-order chi connectivity index (χ1) is 22.8. The average molecular weight is 729 g/mol. The second-order valence-corrected chi connectivity index (χ2v) is 13.0. The van der Waals surface area contributed by atoms with Crippen LogP contribution < -0.4 is 31.3 Å². The van der Waals surface area contributed by atoms with E-state index in [0.29, 0.717) is 6.42 Å². The van der Waals surface area contributed by atoms with Crippen LogP contribution >= 0.6 is 0 Å². The van der Waals surface area contributed by atoms with Crippen molar-refractivity contribution in [2.75, 3.05) is 20.3 Å². The standard InChI is InChI=1S/C32H33F9N2O7/c1-27(2,42)13-17-10-22(28(17,3)43)26(45)48-15-30(35,36)31(37,38)29(33,34)14-47-19-6-5-16-9-21(25(44)49-23(16)12-19)20-8-7-18(46-4)11-24(20)50-32(39,40)41/h5-9,11-12,17,22H,10,13-15,42-43H2,1-4H3. The monoisotopic (exact) mass is 728 g/mol. The number of carbonyl (C=O) groups is 1. The van der Waals surface area contributed by atoms with Gasteiger partial charge in [-0.05, 0) is 69.9 Å². The topological polar surface area (TPSA) is 136 Å². The minimum absolute atomic E-state index is 0.0178. The molecule has 1 aliphatic carbocycles. The summed E-state index contributed by atoms with van der Waals surface area (Å²) >= 11 is 0. The Morgan fingerprint density at radius 3 is 2.12 bits per heavy atom. The third kappa shape index (κ3) is 8.06. The van der Waals surface area contributed by atoms with Gasteiger partial charge in [0.1, 0.15) is 22.8 Å². The van der Waals surface area contributed by atoms with E-state index in [1.54, 1.807) is 13.8 Å². The summed E-state index contributed by atoms with van der Waals surface area (Å²) in [6.07, 6.45) is -4.71. The van der Waals surface area contributed by atoms with Gasteiger partial charge in [0.25, 0.3) is 0 Å². The minimum atomic E-state index is -6.08. The summed E-state index contributed by atoms with van der Waals surface area (Å²) in [4.78, 5) is 25.1. The van der Waals surface area contributed by atoms with Crippen molar-refractivity contribution in [1.29, 1.82) is 0 Å². The normalized spacial score (nSPS) is 20.3. The highest BCUT2D eigenvalue weighted by Crippen LogP contribution is 2.49. The van der Waals surface area contributed by atoms with Gasteiger partial charge in [-0.1, -0.05) is 0 Å². The van der Waals surface area contributed by atoms with E-state index in [1.165, 1.54) is 20.1 Å². The van der Waals surface area contributed by atoms with Crippen LogP contribution in [0.1, 0.15) is 33.6 Å². The second kappa shape index (κ2) is 13.2. The summed E-state index contributed by atoms with van der Waals surface area (Å²) < 4.78 is 149. The molecule has 18 heteroatoms. The van der Waals surface area contributed by atoms with E-state index in [1.807, 2.05) is 0 Å². The number of hydrogen-bond donors (Lipinski definition) is 2. The Morgan fingerprint density at radius 2 is 1.54 bits per heavy atom. The first-order valence-corrected chi connectivity index (χ1v) is 14.8. The number of ether oxygens (including phenoxy) is 4. The molecule has 1 saturated carbocycles. The molecule has 3 unspecified atom stereocenters. The number of halogens is 9. The molecule has 0 bridgehead atoms. The smallest absolute Gasteiger partial charge is 0.497 e. The molecule has 1 aromatic heterocycles. The molecule has 0 amide bonds. The first-order valence-electron chi connectivity index (χ1n) is 14.8. The van der Waals surface area contributed by atoms with Crippen LogP contribution in [0.15, 0.2) is 51.7 Å². The van der Waals surface area contributed by atoms with E-state index in [0.717, 1.165) is 36.4 Å². The zero-order valence-corrected chi connectivity index (χ0v) is 26.9. The van der Waals surface area contributed by atoms with Crippen LogP contribution in [0, 0.1) is 11.8 Å². The van der Waals surface area contributed by atoms with Crippen molar-refractivity contribution in [3.8, 4) is 28.4 Å². The third-order valence-corrected chi connectivity index (χ3v) is 8.35. The van der Waals surface area contributed by atoms with Crippen molar-refractivity contribution in [3.63, 3.8) is 0 Å². The predicted octanol–water partition coefficient (Wildman–Crippen LogP) is 6.68. The molecule has 50 heavy (non-hydrogen) atoms. The number of fused-ring (bicyclic) bond motifs is 1. The van der Waals surface area contributed by atoms with E-state index in [4.69, 9.17) is 20.6 Å². The molecule has 2 aromatic carbocycles. The van der Waals surface area contributed by atoms with Gasteiger partial charge in [0.15, 0.2) is 13.2 Å². The summed E-state index contributed by atoms with van der Waals surface area (Å²) in [6, 6.07) is 7.11. The van der Waals surface area contributed by atoms with Crippen LogP contribution in [0.5, 0.6) is 17.2 Å². The van der Waals surface area contributed by atoms with Crippen molar-refractivity contribution in [3.05, 3.63) is 52.9 Å². The fraction of sp³-hybridized carbons (Fsp3) is 0.500. The molecule has 0 radical (unpaired) electrons. The van der Waals surface area contributed by atoms with Crippen LogP contribution in [0.4, 0.5) is 39.5 Å². The summed E-state index contributed by atoms with van der Waals surface area (Å²) in [5.74, 6) is -21.4.